The van der Waals surface area contributed by atoms with Crippen LogP contribution in [0.5, 0.6) is 0 Å². The van der Waals surface area contributed by atoms with E-state index in [9.17, 15) is 9.18 Å². The van der Waals surface area contributed by atoms with Crippen molar-refractivity contribution < 1.29 is 13.9 Å². The second kappa shape index (κ2) is 5.47. The maximum absolute atomic E-state index is 13.2. The number of carbonyl (C=O) groups excluding carboxylic acids is 1. The van der Waals surface area contributed by atoms with Crippen molar-refractivity contribution in [3.05, 3.63) is 34.6 Å². The Morgan fingerprint density at radius 1 is 1.58 bits per heavy atom. The second-order valence-corrected chi connectivity index (χ2v) is 5.48. The maximum Gasteiger partial charge on any atom is 0.330 e. The van der Waals surface area contributed by atoms with Crippen molar-refractivity contribution in [2.45, 2.75) is 25.3 Å². The molecule has 2 rings (SSSR count). The van der Waals surface area contributed by atoms with Gasteiger partial charge in [-0.2, -0.15) is 0 Å². The average Bonchev–Trinajstić information content (AvgIpc) is 3.22. The van der Waals surface area contributed by atoms with Crippen LogP contribution in [-0.4, -0.2) is 19.6 Å². The van der Waals surface area contributed by atoms with Gasteiger partial charge in [0.25, 0.3) is 0 Å². The van der Waals surface area contributed by atoms with Gasteiger partial charge in [-0.1, -0.05) is 17.7 Å². The van der Waals surface area contributed by atoms with Crippen LogP contribution in [0.15, 0.2) is 18.2 Å². The number of hydrogen-bond acceptors (Lipinski definition) is 3. The summed E-state index contributed by atoms with van der Waals surface area (Å²) in [6, 6.07) is 4.28. The van der Waals surface area contributed by atoms with Gasteiger partial charge in [0, 0.05) is 0 Å². The van der Waals surface area contributed by atoms with Crippen molar-refractivity contribution in [1.29, 1.82) is 0 Å². The van der Waals surface area contributed by atoms with E-state index >= 15 is 0 Å². The lowest BCUT2D eigenvalue weighted by atomic mass is 9.91. The van der Waals surface area contributed by atoms with Gasteiger partial charge >= 0.3 is 5.97 Å². The normalized spacial score (nSPS) is 17.9. The molecule has 0 saturated heterocycles. The predicted octanol–water partition coefficient (Wildman–Crippen LogP) is 2.87. The third kappa shape index (κ3) is 3.07. The van der Waals surface area contributed by atoms with Gasteiger partial charge in [-0.05, 0) is 49.9 Å². The summed E-state index contributed by atoms with van der Waals surface area (Å²) < 4.78 is 18.1. The quantitative estimate of drug-likeness (QED) is 0.846. The average molecular weight is 286 g/mol. The van der Waals surface area contributed by atoms with Crippen molar-refractivity contribution in [2.24, 2.45) is 5.92 Å². The van der Waals surface area contributed by atoms with E-state index in [4.69, 9.17) is 16.3 Å². The number of esters is 1. The summed E-state index contributed by atoms with van der Waals surface area (Å²) in [6.45, 7) is 2.46. The molecule has 3 nitrogen and oxygen atoms in total. The largest absolute Gasteiger partial charge is 0.467 e. The number of nitrogens with one attached hydrogen (secondary N) is 1. The molecular weight excluding hydrogens is 269 g/mol. The number of methoxy groups -OCH3 is 1. The first-order chi connectivity index (χ1) is 8.97. The molecule has 0 aromatic heterocycles. The van der Waals surface area contributed by atoms with Crippen LogP contribution in [-0.2, 0) is 15.1 Å². The van der Waals surface area contributed by atoms with Gasteiger partial charge in [0.05, 0.1) is 12.1 Å². The van der Waals surface area contributed by atoms with Crippen molar-refractivity contribution in [3.8, 4) is 0 Å². The number of ether oxygens (including phenoxy) is 1. The first-order valence-electron chi connectivity index (χ1n) is 6.26. The summed E-state index contributed by atoms with van der Waals surface area (Å²) in [5.74, 6) is -0.296. The summed E-state index contributed by atoms with van der Waals surface area (Å²) >= 11 is 5.79. The Bertz CT molecular complexity index is 490. The topological polar surface area (TPSA) is 38.3 Å². The summed E-state index contributed by atoms with van der Waals surface area (Å²) in [7, 11) is 1.34. The molecule has 1 aromatic carbocycles. The molecule has 1 N–H and O–H groups in total. The van der Waals surface area contributed by atoms with Crippen LogP contribution < -0.4 is 5.32 Å². The van der Waals surface area contributed by atoms with Gasteiger partial charge in [0.1, 0.15) is 11.4 Å². The minimum absolute atomic E-state index is 0.000787. The van der Waals surface area contributed by atoms with Crippen LogP contribution >= 0.6 is 11.6 Å². The monoisotopic (exact) mass is 285 g/mol. The first-order valence-corrected chi connectivity index (χ1v) is 6.64. The molecular formula is C14H17ClFNO2. The fourth-order valence-corrected chi connectivity index (χ4v) is 2.15. The third-order valence-corrected chi connectivity index (χ3v) is 3.82. The highest BCUT2D eigenvalue weighted by atomic mass is 35.5. The number of halogens is 2. The summed E-state index contributed by atoms with van der Waals surface area (Å²) in [6.07, 6.45) is 2.35. The lowest BCUT2D eigenvalue weighted by Gasteiger charge is -2.29. The molecule has 0 radical (unpaired) electrons. The lowest BCUT2D eigenvalue weighted by molar-refractivity contribution is -0.148. The Balaban J connectivity index is 2.28. The van der Waals surface area contributed by atoms with E-state index in [0.29, 0.717) is 11.5 Å². The van der Waals surface area contributed by atoms with Gasteiger partial charge in [-0.3, -0.25) is 5.32 Å². The van der Waals surface area contributed by atoms with Crippen LogP contribution in [0.25, 0.3) is 0 Å². The van der Waals surface area contributed by atoms with Gasteiger partial charge < -0.3 is 4.74 Å². The minimum Gasteiger partial charge on any atom is -0.467 e. The molecule has 5 heteroatoms. The first kappa shape index (κ1) is 14.3. The third-order valence-electron chi connectivity index (χ3n) is 3.53. The van der Waals surface area contributed by atoms with Crippen LogP contribution in [0.4, 0.5) is 4.39 Å². The summed E-state index contributed by atoms with van der Waals surface area (Å²) in [5.41, 5.74) is -0.402. The van der Waals surface area contributed by atoms with Crippen LogP contribution in [0.1, 0.15) is 25.3 Å². The Kier molecular flexibility index (Phi) is 4.11. The lowest BCUT2D eigenvalue weighted by Crippen LogP contribution is -2.48. The van der Waals surface area contributed by atoms with E-state index in [1.165, 1.54) is 32.1 Å². The Morgan fingerprint density at radius 2 is 2.26 bits per heavy atom. The Morgan fingerprint density at radius 3 is 2.79 bits per heavy atom. The van der Waals surface area contributed by atoms with Gasteiger partial charge in [-0.15, -0.1) is 0 Å². The van der Waals surface area contributed by atoms with E-state index in [2.05, 4.69) is 5.32 Å². The molecule has 0 aliphatic heterocycles. The molecule has 1 fully saturated rings. The zero-order chi connectivity index (χ0) is 14.0. The number of carbonyl (C=O) groups is 1. The zero-order valence-corrected chi connectivity index (χ0v) is 11.8. The van der Waals surface area contributed by atoms with E-state index in [1.807, 2.05) is 0 Å². The molecule has 1 unspecified atom stereocenters. The van der Waals surface area contributed by atoms with Crippen LogP contribution in [0, 0.1) is 11.7 Å². The van der Waals surface area contributed by atoms with Crippen molar-refractivity contribution in [1.82, 2.24) is 5.32 Å². The number of benzene rings is 1. The molecule has 1 aliphatic rings. The summed E-state index contributed by atoms with van der Waals surface area (Å²) in [5, 5.41) is 3.22. The van der Waals surface area contributed by atoms with E-state index < -0.39 is 17.3 Å². The number of hydrogen-bond donors (Lipinski definition) is 1. The Labute approximate surface area is 117 Å². The Hall–Kier alpha value is -1.13. The highest BCUT2D eigenvalue weighted by Crippen LogP contribution is 2.31. The fraction of sp³-hybridized carbons (Fsp3) is 0.500. The molecule has 0 bridgehead atoms. The van der Waals surface area contributed by atoms with Crippen molar-refractivity contribution in [2.75, 3.05) is 13.7 Å². The van der Waals surface area contributed by atoms with Crippen LogP contribution in [0.3, 0.4) is 0 Å². The maximum atomic E-state index is 13.2. The number of rotatable bonds is 5. The highest BCUT2D eigenvalue weighted by Gasteiger charge is 2.38. The molecule has 0 amide bonds. The standard InChI is InChI=1S/C14H17ClFNO2/c1-14(13(18)19-2,17-8-9-3-4-9)10-5-6-12(16)11(15)7-10/h5-7,9,17H,3-4,8H2,1-2H3. The SMILES string of the molecule is COC(=O)C(C)(NCC1CC1)c1ccc(F)c(Cl)c1. The van der Waals surface area contributed by atoms with Crippen molar-refractivity contribution in [3.63, 3.8) is 0 Å². The van der Waals surface area contributed by atoms with Crippen LogP contribution in [0.2, 0.25) is 5.02 Å². The van der Waals surface area contributed by atoms with Gasteiger partial charge in [0.2, 0.25) is 0 Å². The summed E-state index contributed by atoms with van der Waals surface area (Å²) in [4.78, 5) is 12.0. The molecule has 1 atom stereocenters. The molecule has 104 valence electrons. The molecule has 1 aromatic rings. The second-order valence-electron chi connectivity index (χ2n) is 5.07. The van der Waals surface area contributed by atoms with Gasteiger partial charge in [-0.25, -0.2) is 9.18 Å². The van der Waals surface area contributed by atoms with Crippen molar-refractivity contribution >= 4 is 17.6 Å². The molecule has 0 heterocycles. The molecule has 19 heavy (non-hydrogen) atoms. The highest BCUT2D eigenvalue weighted by molar-refractivity contribution is 6.30. The van der Waals surface area contributed by atoms with E-state index in [-0.39, 0.29) is 5.02 Å². The predicted molar refractivity (Wildman–Crippen MR) is 71.5 cm³/mol. The minimum atomic E-state index is -1.01. The molecule has 1 aliphatic carbocycles. The van der Waals surface area contributed by atoms with E-state index in [1.54, 1.807) is 13.0 Å². The zero-order valence-electron chi connectivity index (χ0n) is 11.0. The van der Waals surface area contributed by atoms with Gasteiger partial charge in [0.15, 0.2) is 0 Å². The van der Waals surface area contributed by atoms with E-state index in [0.717, 1.165) is 6.54 Å². The fourth-order valence-electron chi connectivity index (χ4n) is 1.97. The molecule has 0 spiro atoms. The molecule has 1 saturated carbocycles. The smallest absolute Gasteiger partial charge is 0.330 e.